The maximum atomic E-state index is 10.9. The van der Waals surface area contributed by atoms with E-state index in [2.05, 4.69) is 5.10 Å². The first-order valence-corrected chi connectivity index (χ1v) is 4.37. The van der Waals surface area contributed by atoms with Gasteiger partial charge in [0.25, 0.3) is 5.91 Å². The third-order valence-corrected chi connectivity index (χ3v) is 2.00. The Balaban J connectivity index is 2.41. The molecule has 1 amide bonds. The lowest BCUT2D eigenvalue weighted by atomic mass is 10.3. The van der Waals surface area contributed by atoms with Crippen molar-refractivity contribution >= 4 is 11.6 Å². The van der Waals surface area contributed by atoms with Crippen LogP contribution in [0.2, 0.25) is 0 Å². The van der Waals surface area contributed by atoms with Crippen molar-refractivity contribution in [2.45, 2.75) is 0 Å². The van der Waals surface area contributed by atoms with Crippen LogP contribution < -0.4 is 11.5 Å². The number of primary amides is 1. The van der Waals surface area contributed by atoms with Crippen molar-refractivity contribution in [3.63, 3.8) is 0 Å². The molecule has 0 spiro atoms. The second-order valence-corrected chi connectivity index (χ2v) is 3.13. The van der Waals surface area contributed by atoms with Crippen LogP contribution >= 0.6 is 0 Å². The fraction of sp³-hybridized carbons (Fsp3) is 0. The van der Waals surface area contributed by atoms with Crippen molar-refractivity contribution in [3.8, 4) is 5.69 Å². The molecule has 0 fully saturated rings. The summed E-state index contributed by atoms with van der Waals surface area (Å²) in [6.07, 6.45) is 2.99. The normalized spacial score (nSPS) is 10.1. The summed E-state index contributed by atoms with van der Waals surface area (Å²) in [6.45, 7) is 0. The average molecular weight is 202 g/mol. The minimum atomic E-state index is -0.495. The maximum Gasteiger partial charge on any atom is 0.251 e. The summed E-state index contributed by atoms with van der Waals surface area (Å²) in [5, 5.41) is 4.01. The van der Waals surface area contributed by atoms with Gasteiger partial charge in [-0.15, -0.1) is 0 Å². The lowest BCUT2D eigenvalue weighted by molar-refractivity contribution is 0.100. The third-order valence-electron chi connectivity index (χ3n) is 2.00. The van der Waals surface area contributed by atoms with Crippen molar-refractivity contribution in [2.24, 2.45) is 5.73 Å². The summed E-state index contributed by atoms with van der Waals surface area (Å²) in [4.78, 5) is 10.9. The Kier molecular flexibility index (Phi) is 2.13. The molecule has 5 heteroatoms. The van der Waals surface area contributed by atoms with Crippen LogP contribution in [0.4, 0.5) is 5.69 Å². The topological polar surface area (TPSA) is 86.9 Å². The zero-order chi connectivity index (χ0) is 10.8. The van der Waals surface area contributed by atoms with E-state index in [1.54, 1.807) is 23.0 Å². The molecule has 0 radical (unpaired) electrons. The quantitative estimate of drug-likeness (QED) is 0.697. The smallest absolute Gasteiger partial charge is 0.251 e. The zero-order valence-corrected chi connectivity index (χ0v) is 7.92. The number of carbonyl (C=O) groups excluding carboxylic acids is 1. The van der Waals surface area contributed by atoms with E-state index in [-0.39, 0.29) is 0 Å². The van der Waals surface area contributed by atoms with Crippen LogP contribution in [0.15, 0.2) is 36.7 Å². The standard InChI is InChI=1S/C10H10N4O/c11-8-2-1-3-9(4-8)14-6-7(5-13-14)10(12)15/h1-6H,11H2,(H2,12,15). The molecule has 0 aliphatic rings. The van der Waals surface area contributed by atoms with Gasteiger partial charge in [0.2, 0.25) is 0 Å². The van der Waals surface area contributed by atoms with Crippen LogP contribution in [0.1, 0.15) is 10.4 Å². The molecule has 0 aliphatic carbocycles. The van der Waals surface area contributed by atoms with E-state index in [1.807, 2.05) is 12.1 Å². The van der Waals surface area contributed by atoms with Crippen LogP contribution in [0, 0.1) is 0 Å². The van der Waals surface area contributed by atoms with E-state index in [1.165, 1.54) is 6.20 Å². The summed E-state index contributed by atoms with van der Waals surface area (Å²) < 4.78 is 1.55. The molecule has 4 N–H and O–H groups in total. The highest BCUT2D eigenvalue weighted by atomic mass is 16.1. The molecule has 1 heterocycles. The number of hydrogen-bond acceptors (Lipinski definition) is 3. The number of carbonyl (C=O) groups is 1. The van der Waals surface area contributed by atoms with Gasteiger partial charge in [-0.05, 0) is 18.2 Å². The number of hydrogen-bond donors (Lipinski definition) is 2. The predicted molar refractivity (Wildman–Crippen MR) is 56.5 cm³/mol. The molecule has 2 aromatic rings. The Morgan fingerprint density at radius 2 is 2.20 bits per heavy atom. The van der Waals surface area contributed by atoms with Crippen LogP contribution in [0.25, 0.3) is 5.69 Å². The summed E-state index contributed by atoms with van der Waals surface area (Å²) in [6, 6.07) is 7.20. The number of anilines is 1. The first-order chi connectivity index (χ1) is 7.16. The molecule has 0 saturated heterocycles. The van der Waals surface area contributed by atoms with Crippen molar-refractivity contribution < 1.29 is 4.79 Å². The van der Waals surface area contributed by atoms with E-state index in [9.17, 15) is 4.79 Å². The molecule has 0 unspecified atom stereocenters. The van der Waals surface area contributed by atoms with Gasteiger partial charge in [-0.25, -0.2) is 4.68 Å². The van der Waals surface area contributed by atoms with E-state index in [0.29, 0.717) is 11.3 Å². The SMILES string of the molecule is NC(=O)c1cnn(-c2cccc(N)c2)c1. The Morgan fingerprint density at radius 3 is 2.80 bits per heavy atom. The number of nitrogens with zero attached hydrogens (tertiary/aromatic N) is 2. The van der Waals surface area contributed by atoms with E-state index >= 15 is 0 Å². The van der Waals surface area contributed by atoms with Crippen molar-refractivity contribution in [2.75, 3.05) is 5.73 Å². The van der Waals surface area contributed by atoms with Crippen molar-refractivity contribution in [1.82, 2.24) is 9.78 Å². The van der Waals surface area contributed by atoms with E-state index in [0.717, 1.165) is 5.69 Å². The number of nitrogens with two attached hydrogens (primary N) is 2. The zero-order valence-electron chi connectivity index (χ0n) is 7.92. The number of benzene rings is 1. The summed E-state index contributed by atoms with van der Waals surface area (Å²) in [5.74, 6) is -0.495. The molecule has 0 saturated carbocycles. The predicted octanol–water partition coefficient (Wildman–Crippen LogP) is 0.553. The largest absolute Gasteiger partial charge is 0.399 e. The number of rotatable bonds is 2. The van der Waals surface area contributed by atoms with E-state index in [4.69, 9.17) is 11.5 Å². The number of aromatic nitrogens is 2. The summed E-state index contributed by atoms with van der Waals surface area (Å²) in [7, 11) is 0. The molecule has 76 valence electrons. The van der Waals surface area contributed by atoms with Gasteiger partial charge in [-0.3, -0.25) is 4.79 Å². The van der Waals surface area contributed by atoms with E-state index < -0.39 is 5.91 Å². The average Bonchev–Trinajstić information content (AvgIpc) is 2.66. The van der Waals surface area contributed by atoms with Gasteiger partial charge in [0.05, 0.1) is 17.4 Å². The monoisotopic (exact) mass is 202 g/mol. The Labute approximate surface area is 86.3 Å². The van der Waals surface area contributed by atoms with Gasteiger partial charge in [-0.1, -0.05) is 6.07 Å². The molecule has 1 aromatic carbocycles. The highest BCUT2D eigenvalue weighted by molar-refractivity contribution is 5.92. The van der Waals surface area contributed by atoms with Crippen LogP contribution in [0.5, 0.6) is 0 Å². The van der Waals surface area contributed by atoms with Gasteiger partial charge in [0.1, 0.15) is 0 Å². The lowest BCUT2D eigenvalue weighted by Gasteiger charge is -2.01. The van der Waals surface area contributed by atoms with Crippen molar-refractivity contribution in [1.29, 1.82) is 0 Å². The number of nitrogen functional groups attached to an aromatic ring is 1. The first kappa shape index (κ1) is 9.26. The third kappa shape index (κ3) is 1.80. The van der Waals surface area contributed by atoms with Gasteiger partial charge >= 0.3 is 0 Å². The van der Waals surface area contributed by atoms with Crippen LogP contribution in [-0.2, 0) is 0 Å². The summed E-state index contributed by atoms with van der Waals surface area (Å²) in [5.41, 5.74) is 12.6. The molecular formula is C10H10N4O. The van der Waals surface area contributed by atoms with Gasteiger partial charge in [0.15, 0.2) is 0 Å². The maximum absolute atomic E-state index is 10.9. The minimum absolute atomic E-state index is 0.373. The molecule has 5 nitrogen and oxygen atoms in total. The van der Waals surface area contributed by atoms with Gasteiger partial charge in [-0.2, -0.15) is 5.10 Å². The minimum Gasteiger partial charge on any atom is -0.399 e. The molecule has 2 rings (SSSR count). The highest BCUT2D eigenvalue weighted by Crippen LogP contribution is 2.11. The van der Waals surface area contributed by atoms with Gasteiger partial charge in [0, 0.05) is 11.9 Å². The molecule has 0 bridgehead atoms. The molecule has 0 aliphatic heterocycles. The lowest BCUT2D eigenvalue weighted by Crippen LogP contribution is -2.09. The van der Waals surface area contributed by atoms with Crippen molar-refractivity contribution in [3.05, 3.63) is 42.2 Å². The van der Waals surface area contributed by atoms with Gasteiger partial charge < -0.3 is 11.5 Å². The van der Waals surface area contributed by atoms with Crippen LogP contribution in [-0.4, -0.2) is 15.7 Å². The Bertz CT molecular complexity index is 504. The second-order valence-electron chi connectivity index (χ2n) is 3.13. The van der Waals surface area contributed by atoms with Crippen LogP contribution in [0.3, 0.4) is 0 Å². The Morgan fingerprint density at radius 1 is 1.40 bits per heavy atom. The first-order valence-electron chi connectivity index (χ1n) is 4.37. The fourth-order valence-electron chi connectivity index (χ4n) is 1.26. The second kappa shape index (κ2) is 3.45. The molecular weight excluding hydrogens is 192 g/mol. The molecule has 15 heavy (non-hydrogen) atoms. The molecule has 1 aromatic heterocycles. The fourth-order valence-corrected chi connectivity index (χ4v) is 1.26. The highest BCUT2D eigenvalue weighted by Gasteiger charge is 2.04. The molecule has 0 atom stereocenters. The Hall–Kier alpha value is -2.30. The summed E-state index contributed by atoms with van der Waals surface area (Å²) >= 11 is 0. The number of amides is 1.